The minimum atomic E-state index is -0.292. The number of carbonyl (C=O) groups is 1. The highest BCUT2D eigenvalue weighted by molar-refractivity contribution is 6.04. The molecule has 24 heavy (non-hydrogen) atoms. The molecule has 0 unspecified atom stereocenters. The minimum absolute atomic E-state index is 0.292. The first-order valence-corrected chi connectivity index (χ1v) is 8.03. The Kier molecular flexibility index (Phi) is 6.42. The minimum Gasteiger partial charge on any atom is -0.619 e. The lowest BCUT2D eigenvalue weighted by Crippen LogP contribution is -2.25. The van der Waals surface area contributed by atoms with Crippen LogP contribution < -0.4 is 19.5 Å². The lowest BCUT2D eigenvalue weighted by atomic mass is 10.2. The van der Waals surface area contributed by atoms with Crippen LogP contribution in [0.15, 0.2) is 42.7 Å². The Labute approximate surface area is 141 Å². The van der Waals surface area contributed by atoms with Gasteiger partial charge in [0.1, 0.15) is 0 Å². The molecule has 1 aromatic heterocycles. The number of benzene rings is 1. The standard InChI is InChI=1S/C18H22N2O4/c1-3-11-23-16-6-5-15(13-17(16)24-12-4-2)19-18(21)14-7-9-20(22)10-8-14/h5-10,13H,3-4,11-12H2,1-2H3,(H,19,21). The summed E-state index contributed by atoms with van der Waals surface area (Å²) in [5.74, 6) is 0.975. The predicted octanol–water partition coefficient (Wildman–Crippen LogP) is 3.15. The molecule has 6 nitrogen and oxygen atoms in total. The lowest BCUT2D eigenvalue weighted by molar-refractivity contribution is -0.605. The number of carbonyl (C=O) groups excluding carboxylic acids is 1. The van der Waals surface area contributed by atoms with E-state index < -0.39 is 0 Å². The molecule has 1 heterocycles. The van der Waals surface area contributed by atoms with Gasteiger partial charge in [-0.1, -0.05) is 13.8 Å². The first kappa shape index (κ1) is 17.6. The van der Waals surface area contributed by atoms with Crippen molar-refractivity contribution < 1.29 is 19.0 Å². The van der Waals surface area contributed by atoms with Crippen molar-refractivity contribution >= 4 is 11.6 Å². The summed E-state index contributed by atoms with van der Waals surface area (Å²) in [6.07, 6.45) is 4.35. The second-order valence-electron chi connectivity index (χ2n) is 5.26. The Balaban J connectivity index is 2.14. The van der Waals surface area contributed by atoms with Gasteiger partial charge < -0.3 is 20.0 Å². The molecule has 128 valence electrons. The van der Waals surface area contributed by atoms with Gasteiger partial charge in [0.05, 0.1) is 18.8 Å². The molecule has 6 heteroatoms. The fourth-order valence-corrected chi connectivity index (χ4v) is 2.01. The van der Waals surface area contributed by atoms with Gasteiger partial charge in [0, 0.05) is 23.9 Å². The molecular weight excluding hydrogens is 308 g/mol. The van der Waals surface area contributed by atoms with Crippen LogP contribution >= 0.6 is 0 Å². The number of rotatable bonds is 8. The second kappa shape index (κ2) is 8.76. The number of pyridine rings is 1. The molecule has 0 atom stereocenters. The van der Waals surface area contributed by atoms with E-state index in [4.69, 9.17) is 9.47 Å². The topological polar surface area (TPSA) is 74.5 Å². The summed E-state index contributed by atoms with van der Waals surface area (Å²) in [6.45, 7) is 5.23. The molecule has 0 bridgehead atoms. The molecular formula is C18H22N2O4. The van der Waals surface area contributed by atoms with Gasteiger partial charge in [-0.25, -0.2) is 0 Å². The van der Waals surface area contributed by atoms with E-state index in [2.05, 4.69) is 5.32 Å². The highest BCUT2D eigenvalue weighted by atomic mass is 16.5. The second-order valence-corrected chi connectivity index (χ2v) is 5.26. The number of amides is 1. The van der Waals surface area contributed by atoms with Crippen molar-refractivity contribution in [2.45, 2.75) is 26.7 Å². The number of hydrogen-bond donors (Lipinski definition) is 1. The molecule has 0 aliphatic heterocycles. The largest absolute Gasteiger partial charge is 0.619 e. The van der Waals surface area contributed by atoms with Gasteiger partial charge in [-0.3, -0.25) is 4.79 Å². The van der Waals surface area contributed by atoms with Crippen molar-refractivity contribution in [3.8, 4) is 11.5 Å². The smallest absolute Gasteiger partial charge is 0.256 e. The van der Waals surface area contributed by atoms with Crippen LogP contribution in [-0.2, 0) is 0 Å². The number of ether oxygens (including phenoxy) is 2. The molecule has 0 spiro atoms. The zero-order valence-corrected chi connectivity index (χ0v) is 14.0. The molecule has 1 amide bonds. The number of anilines is 1. The van der Waals surface area contributed by atoms with Crippen molar-refractivity contribution in [1.29, 1.82) is 0 Å². The normalized spacial score (nSPS) is 10.2. The molecule has 2 aromatic rings. The number of nitrogens with one attached hydrogen (secondary N) is 1. The van der Waals surface area contributed by atoms with Crippen LogP contribution in [0.4, 0.5) is 5.69 Å². The molecule has 0 radical (unpaired) electrons. The fourth-order valence-electron chi connectivity index (χ4n) is 2.01. The molecule has 0 fully saturated rings. The maximum Gasteiger partial charge on any atom is 0.256 e. The van der Waals surface area contributed by atoms with Gasteiger partial charge in [0.15, 0.2) is 23.9 Å². The Morgan fingerprint density at radius 2 is 1.67 bits per heavy atom. The van der Waals surface area contributed by atoms with E-state index in [1.165, 1.54) is 24.5 Å². The molecule has 0 aliphatic rings. The Hall–Kier alpha value is -2.76. The molecule has 0 aliphatic carbocycles. The van der Waals surface area contributed by atoms with Crippen LogP contribution in [0.5, 0.6) is 11.5 Å². The van der Waals surface area contributed by atoms with Gasteiger partial charge in [-0.15, -0.1) is 0 Å². The Morgan fingerprint density at radius 3 is 2.29 bits per heavy atom. The average molecular weight is 330 g/mol. The van der Waals surface area contributed by atoms with Gasteiger partial charge in [-0.05, 0) is 25.0 Å². The molecule has 1 N–H and O–H groups in total. The third-order valence-corrected chi connectivity index (χ3v) is 3.19. The Morgan fingerprint density at radius 1 is 1.04 bits per heavy atom. The summed E-state index contributed by atoms with van der Waals surface area (Å²) < 4.78 is 12.0. The van der Waals surface area contributed by atoms with Crippen molar-refractivity contribution in [2.75, 3.05) is 18.5 Å². The van der Waals surface area contributed by atoms with Gasteiger partial charge in [0.25, 0.3) is 5.91 Å². The number of nitrogens with zero attached hydrogens (tertiary/aromatic N) is 1. The lowest BCUT2D eigenvalue weighted by Gasteiger charge is -2.14. The van der Waals surface area contributed by atoms with Crippen molar-refractivity contribution in [3.05, 3.63) is 53.5 Å². The fraction of sp³-hybridized carbons (Fsp3) is 0.333. The average Bonchev–Trinajstić information content (AvgIpc) is 2.59. The van der Waals surface area contributed by atoms with Crippen LogP contribution in [0, 0.1) is 5.21 Å². The molecule has 0 saturated heterocycles. The van der Waals surface area contributed by atoms with Gasteiger partial charge in [-0.2, -0.15) is 4.73 Å². The highest BCUT2D eigenvalue weighted by Gasteiger charge is 2.11. The number of aromatic nitrogens is 1. The van der Waals surface area contributed by atoms with E-state index >= 15 is 0 Å². The molecule has 2 rings (SSSR count). The summed E-state index contributed by atoms with van der Waals surface area (Å²) in [4.78, 5) is 12.2. The third-order valence-electron chi connectivity index (χ3n) is 3.19. The number of hydrogen-bond acceptors (Lipinski definition) is 4. The van der Waals surface area contributed by atoms with E-state index in [1.54, 1.807) is 18.2 Å². The maximum atomic E-state index is 12.2. The molecule has 1 aromatic carbocycles. The summed E-state index contributed by atoms with van der Waals surface area (Å²) >= 11 is 0. The highest BCUT2D eigenvalue weighted by Crippen LogP contribution is 2.31. The van der Waals surface area contributed by atoms with E-state index in [9.17, 15) is 10.0 Å². The predicted molar refractivity (Wildman–Crippen MR) is 91.4 cm³/mol. The van der Waals surface area contributed by atoms with Crippen LogP contribution in [-0.4, -0.2) is 19.1 Å². The summed E-state index contributed by atoms with van der Waals surface area (Å²) in [5.41, 5.74) is 1.01. The van der Waals surface area contributed by atoms with E-state index in [-0.39, 0.29) is 5.91 Å². The van der Waals surface area contributed by atoms with Gasteiger partial charge in [0.2, 0.25) is 0 Å². The van der Waals surface area contributed by atoms with E-state index in [1.807, 2.05) is 13.8 Å². The van der Waals surface area contributed by atoms with Crippen LogP contribution in [0.25, 0.3) is 0 Å². The van der Waals surface area contributed by atoms with Gasteiger partial charge >= 0.3 is 0 Å². The van der Waals surface area contributed by atoms with Crippen LogP contribution in [0.1, 0.15) is 37.0 Å². The van der Waals surface area contributed by atoms with Crippen LogP contribution in [0.2, 0.25) is 0 Å². The zero-order valence-electron chi connectivity index (χ0n) is 14.0. The molecule has 0 saturated carbocycles. The van der Waals surface area contributed by atoms with E-state index in [0.29, 0.717) is 40.7 Å². The third kappa shape index (κ3) is 4.87. The monoisotopic (exact) mass is 330 g/mol. The van der Waals surface area contributed by atoms with Crippen LogP contribution in [0.3, 0.4) is 0 Å². The van der Waals surface area contributed by atoms with Crippen molar-refractivity contribution in [1.82, 2.24) is 0 Å². The quantitative estimate of drug-likeness (QED) is 0.596. The maximum absolute atomic E-state index is 12.2. The first-order valence-electron chi connectivity index (χ1n) is 8.03. The zero-order chi connectivity index (χ0) is 17.4. The van der Waals surface area contributed by atoms with Crippen molar-refractivity contribution in [3.63, 3.8) is 0 Å². The SMILES string of the molecule is CCCOc1ccc(NC(=O)c2cc[n+]([O-])cc2)cc1OCCC. The summed E-state index contributed by atoms with van der Waals surface area (Å²) in [7, 11) is 0. The van der Waals surface area contributed by atoms with E-state index in [0.717, 1.165) is 12.8 Å². The Bertz CT molecular complexity index is 671. The summed E-state index contributed by atoms with van der Waals surface area (Å²) in [5, 5.41) is 13.8. The summed E-state index contributed by atoms with van der Waals surface area (Å²) in [6, 6.07) is 8.23. The van der Waals surface area contributed by atoms with Crippen molar-refractivity contribution in [2.24, 2.45) is 0 Å². The first-order chi connectivity index (χ1) is 11.6.